The third-order valence-electron chi connectivity index (χ3n) is 2.82. The lowest BCUT2D eigenvalue weighted by Gasteiger charge is -1.97. The maximum absolute atomic E-state index is 11.7. The van der Waals surface area contributed by atoms with Crippen LogP contribution in [0.25, 0.3) is 21.9 Å². The van der Waals surface area contributed by atoms with Gasteiger partial charge in [-0.15, -0.1) is 11.3 Å². The minimum absolute atomic E-state index is 0.271. The summed E-state index contributed by atoms with van der Waals surface area (Å²) in [4.78, 5) is 33.5. The quantitative estimate of drug-likeness (QED) is 0.721. The molecule has 0 aromatic carbocycles. The standard InChI is InChI=1S/C11H10N4O3S/c1-15-9-6(10(16)14-11(15)17)12-8(13-9)7-5(18-2)3-4-19-7/h3-4H,1-2H3,(H,12,13)(H,14,16,17). The fourth-order valence-corrected chi connectivity index (χ4v) is 2.65. The number of methoxy groups -OCH3 is 1. The Bertz CT molecular complexity index is 870. The van der Waals surface area contributed by atoms with Crippen LogP contribution in [0.2, 0.25) is 0 Å². The van der Waals surface area contributed by atoms with Crippen molar-refractivity contribution < 1.29 is 4.74 Å². The van der Waals surface area contributed by atoms with Crippen molar-refractivity contribution in [3.8, 4) is 16.5 Å². The first-order chi connectivity index (χ1) is 9.11. The second-order valence-corrected chi connectivity index (χ2v) is 4.84. The molecule has 0 unspecified atom stereocenters. The summed E-state index contributed by atoms with van der Waals surface area (Å²) >= 11 is 1.44. The lowest BCUT2D eigenvalue weighted by molar-refractivity contribution is 0.418. The molecule has 8 heteroatoms. The molecule has 0 spiro atoms. The van der Waals surface area contributed by atoms with Crippen LogP contribution < -0.4 is 16.0 Å². The van der Waals surface area contributed by atoms with E-state index < -0.39 is 11.2 Å². The van der Waals surface area contributed by atoms with Crippen LogP contribution in [-0.4, -0.2) is 26.6 Å². The Morgan fingerprint density at radius 1 is 1.37 bits per heavy atom. The Kier molecular flexibility index (Phi) is 2.53. The number of thiophene rings is 1. The molecule has 7 nitrogen and oxygen atoms in total. The zero-order valence-electron chi connectivity index (χ0n) is 10.2. The molecule has 0 radical (unpaired) electrons. The highest BCUT2D eigenvalue weighted by Gasteiger charge is 2.15. The lowest BCUT2D eigenvalue weighted by atomic mass is 10.4. The number of nitrogens with one attached hydrogen (secondary N) is 2. The van der Waals surface area contributed by atoms with Gasteiger partial charge in [0, 0.05) is 7.05 Å². The van der Waals surface area contributed by atoms with Crippen molar-refractivity contribution in [2.45, 2.75) is 0 Å². The van der Waals surface area contributed by atoms with Crippen molar-refractivity contribution in [3.05, 3.63) is 32.3 Å². The van der Waals surface area contributed by atoms with Crippen molar-refractivity contribution in [3.63, 3.8) is 0 Å². The summed E-state index contributed by atoms with van der Waals surface area (Å²) in [6.45, 7) is 0. The van der Waals surface area contributed by atoms with Gasteiger partial charge in [0.05, 0.1) is 7.11 Å². The van der Waals surface area contributed by atoms with Gasteiger partial charge in [-0.25, -0.2) is 9.78 Å². The molecule has 19 heavy (non-hydrogen) atoms. The smallest absolute Gasteiger partial charge is 0.329 e. The number of aromatic nitrogens is 4. The largest absolute Gasteiger partial charge is 0.495 e. The Morgan fingerprint density at radius 3 is 2.89 bits per heavy atom. The number of nitrogens with zero attached hydrogens (tertiary/aromatic N) is 2. The second-order valence-electron chi connectivity index (χ2n) is 3.92. The molecule has 3 rings (SSSR count). The first-order valence-electron chi connectivity index (χ1n) is 5.42. The highest BCUT2D eigenvalue weighted by molar-refractivity contribution is 7.13. The van der Waals surface area contributed by atoms with E-state index in [9.17, 15) is 9.59 Å². The summed E-state index contributed by atoms with van der Waals surface area (Å²) in [7, 11) is 3.12. The fourth-order valence-electron chi connectivity index (χ4n) is 1.84. The van der Waals surface area contributed by atoms with Crippen LogP contribution in [0, 0.1) is 0 Å². The van der Waals surface area contributed by atoms with E-state index in [-0.39, 0.29) is 5.52 Å². The average molecular weight is 278 g/mol. The van der Waals surface area contributed by atoms with Gasteiger partial charge in [0.1, 0.15) is 16.1 Å². The molecule has 3 aromatic heterocycles. The normalized spacial score (nSPS) is 11.1. The van der Waals surface area contributed by atoms with Crippen LogP contribution in [0.4, 0.5) is 0 Å². The van der Waals surface area contributed by atoms with E-state index >= 15 is 0 Å². The highest BCUT2D eigenvalue weighted by atomic mass is 32.1. The van der Waals surface area contributed by atoms with E-state index in [1.165, 1.54) is 15.9 Å². The third kappa shape index (κ3) is 1.68. The monoisotopic (exact) mass is 278 g/mol. The number of imidazole rings is 1. The number of hydrogen-bond acceptors (Lipinski definition) is 5. The molecule has 0 amide bonds. The van der Waals surface area contributed by atoms with Crippen molar-refractivity contribution in [2.75, 3.05) is 7.11 Å². The molecule has 0 fully saturated rings. The molecular weight excluding hydrogens is 268 g/mol. The number of H-pyrrole nitrogens is 2. The molecule has 98 valence electrons. The molecule has 0 aliphatic heterocycles. The lowest BCUT2D eigenvalue weighted by Crippen LogP contribution is -2.28. The molecule has 0 aliphatic rings. The zero-order chi connectivity index (χ0) is 13.6. The second kappa shape index (κ2) is 4.09. The van der Waals surface area contributed by atoms with Crippen LogP contribution in [0.1, 0.15) is 0 Å². The minimum atomic E-state index is -0.492. The van der Waals surface area contributed by atoms with Crippen molar-refractivity contribution in [2.24, 2.45) is 7.05 Å². The number of aryl methyl sites for hydroxylation is 1. The molecule has 3 heterocycles. The van der Waals surface area contributed by atoms with Gasteiger partial charge in [-0.1, -0.05) is 0 Å². The summed E-state index contributed by atoms with van der Waals surface area (Å²) < 4.78 is 6.50. The van der Waals surface area contributed by atoms with E-state index in [2.05, 4.69) is 15.0 Å². The van der Waals surface area contributed by atoms with Gasteiger partial charge in [-0.3, -0.25) is 14.3 Å². The van der Waals surface area contributed by atoms with Crippen LogP contribution in [0.3, 0.4) is 0 Å². The summed E-state index contributed by atoms with van der Waals surface area (Å²) in [5.74, 6) is 1.18. The Labute approximate surface area is 110 Å². The van der Waals surface area contributed by atoms with E-state index in [1.54, 1.807) is 14.2 Å². The van der Waals surface area contributed by atoms with E-state index in [1.807, 2.05) is 11.4 Å². The first kappa shape index (κ1) is 11.7. The molecule has 0 aliphatic carbocycles. The van der Waals surface area contributed by atoms with Crippen molar-refractivity contribution in [1.29, 1.82) is 0 Å². The van der Waals surface area contributed by atoms with Gasteiger partial charge in [-0.05, 0) is 11.4 Å². The van der Waals surface area contributed by atoms with Crippen LogP contribution in [0.5, 0.6) is 5.75 Å². The topological polar surface area (TPSA) is 92.8 Å². The van der Waals surface area contributed by atoms with Gasteiger partial charge in [0.25, 0.3) is 5.56 Å². The number of fused-ring (bicyclic) bond motifs is 1. The number of ether oxygens (including phenoxy) is 1. The van der Waals surface area contributed by atoms with Gasteiger partial charge in [-0.2, -0.15) is 0 Å². The van der Waals surface area contributed by atoms with Crippen LogP contribution in [0.15, 0.2) is 21.0 Å². The maximum atomic E-state index is 11.7. The Hall–Kier alpha value is -2.35. The molecule has 0 saturated carbocycles. The van der Waals surface area contributed by atoms with Gasteiger partial charge >= 0.3 is 5.69 Å². The molecule has 2 N–H and O–H groups in total. The minimum Gasteiger partial charge on any atom is -0.495 e. The summed E-state index contributed by atoms with van der Waals surface area (Å²) in [6, 6.07) is 1.82. The summed E-state index contributed by atoms with van der Waals surface area (Å²) in [5.41, 5.74) is -0.382. The molecule has 0 atom stereocenters. The fraction of sp³-hybridized carbons (Fsp3) is 0.182. The molecular formula is C11H10N4O3S. The zero-order valence-corrected chi connectivity index (χ0v) is 11.0. The third-order valence-corrected chi connectivity index (χ3v) is 3.72. The van der Waals surface area contributed by atoms with Crippen LogP contribution in [-0.2, 0) is 7.05 Å². The molecule has 3 aromatic rings. The van der Waals surface area contributed by atoms with Crippen molar-refractivity contribution in [1.82, 2.24) is 19.5 Å². The molecule has 0 bridgehead atoms. The SMILES string of the molecule is COc1ccsc1-c1nc2c([nH]1)c(=O)[nH]c(=O)n2C. The number of rotatable bonds is 2. The van der Waals surface area contributed by atoms with E-state index in [4.69, 9.17) is 4.74 Å². The summed E-state index contributed by atoms with van der Waals surface area (Å²) in [6.07, 6.45) is 0. The first-order valence-corrected chi connectivity index (χ1v) is 6.30. The highest BCUT2D eigenvalue weighted by Crippen LogP contribution is 2.33. The number of hydrogen-bond donors (Lipinski definition) is 2. The van der Waals surface area contributed by atoms with Gasteiger partial charge < -0.3 is 9.72 Å². The predicted octanol–water partition coefficient (Wildman–Crippen LogP) is 0.687. The number of aromatic amines is 2. The summed E-state index contributed by atoms with van der Waals surface area (Å²) in [5, 5.41) is 1.87. The Morgan fingerprint density at radius 2 is 2.16 bits per heavy atom. The van der Waals surface area contributed by atoms with Crippen LogP contribution >= 0.6 is 11.3 Å². The Balaban J connectivity index is 2.34. The average Bonchev–Trinajstić information content (AvgIpc) is 3.01. The van der Waals surface area contributed by atoms with Crippen molar-refractivity contribution >= 4 is 22.5 Å². The van der Waals surface area contributed by atoms with E-state index in [0.717, 1.165) is 4.88 Å². The maximum Gasteiger partial charge on any atom is 0.329 e. The van der Waals surface area contributed by atoms with Gasteiger partial charge in [0.2, 0.25) is 0 Å². The van der Waals surface area contributed by atoms with E-state index in [0.29, 0.717) is 17.2 Å². The predicted molar refractivity (Wildman–Crippen MR) is 71.8 cm³/mol. The van der Waals surface area contributed by atoms with Gasteiger partial charge in [0.15, 0.2) is 11.5 Å². The molecule has 0 saturated heterocycles.